The molecule has 2 aromatic rings. The Labute approximate surface area is 134 Å². The summed E-state index contributed by atoms with van der Waals surface area (Å²) in [5.41, 5.74) is 0.838. The third-order valence-corrected chi connectivity index (χ3v) is 4.07. The van der Waals surface area contributed by atoms with E-state index in [9.17, 15) is 9.59 Å². The molecular formula is C17H19N3O3. The quantitative estimate of drug-likeness (QED) is 0.925. The maximum absolute atomic E-state index is 12.4. The number of fused-ring (bicyclic) bond motifs is 1. The second-order valence-corrected chi connectivity index (χ2v) is 5.63. The highest BCUT2D eigenvalue weighted by Gasteiger charge is 2.29. The average molecular weight is 313 g/mol. The number of aromatic nitrogens is 1. The summed E-state index contributed by atoms with van der Waals surface area (Å²) in [6, 6.07) is 11.5. The van der Waals surface area contributed by atoms with Crippen molar-refractivity contribution in [2.75, 3.05) is 25.5 Å². The number of carbonyl (C=O) groups excluding carboxylic acids is 2. The van der Waals surface area contributed by atoms with Crippen LogP contribution in [0.5, 0.6) is 0 Å². The lowest BCUT2D eigenvalue weighted by Gasteiger charge is -2.30. The summed E-state index contributed by atoms with van der Waals surface area (Å²) in [6.07, 6.45) is 1.16. The molecule has 1 N–H and O–H groups in total. The third-order valence-electron chi connectivity index (χ3n) is 4.07. The first-order chi connectivity index (χ1) is 11.2. The number of hydrogen-bond donors (Lipinski definition) is 1. The summed E-state index contributed by atoms with van der Waals surface area (Å²) < 4.78 is 4.73. The molecular weight excluding hydrogens is 294 g/mol. The van der Waals surface area contributed by atoms with Gasteiger partial charge in [0, 0.05) is 18.5 Å². The van der Waals surface area contributed by atoms with Crippen molar-refractivity contribution in [2.24, 2.45) is 5.92 Å². The van der Waals surface area contributed by atoms with Crippen molar-refractivity contribution in [3.8, 4) is 0 Å². The Morgan fingerprint density at radius 2 is 2.09 bits per heavy atom. The number of nitrogens with one attached hydrogen (secondary N) is 1. The van der Waals surface area contributed by atoms with Crippen LogP contribution in [0.1, 0.15) is 12.8 Å². The molecule has 23 heavy (non-hydrogen) atoms. The maximum atomic E-state index is 12.4. The summed E-state index contributed by atoms with van der Waals surface area (Å²) in [7, 11) is 1.35. The van der Waals surface area contributed by atoms with Gasteiger partial charge >= 0.3 is 6.09 Å². The van der Waals surface area contributed by atoms with Gasteiger partial charge in [-0.05, 0) is 31.0 Å². The smallest absolute Gasteiger partial charge is 0.409 e. The molecule has 1 aliphatic heterocycles. The van der Waals surface area contributed by atoms with Gasteiger partial charge in [-0.1, -0.05) is 18.2 Å². The van der Waals surface area contributed by atoms with Crippen LogP contribution in [-0.2, 0) is 9.53 Å². The average Bonchev–Trinajstić information content (AvgIpc) is 2.61. The summed E-state index contributed by atoms with van der Waals surface area (Å²) >= 11 is 0. The number of methoxy groups -OCH3 is 1. The van der Waals surface area contributed by atoms with Crippen LogP contribution in [-0.4, -0.2) is 42.1 Å². The normalized spacial score (nSPS) is 17.8. The molecule has 6 nitrogen and oxygen atoms in total. The van der Waals surface area contributed by atoms with Gasteiger partial charge in [0.2, 0.25) is 5.91 Å². The van der Waals surface area contributed by atoms with Crippen molar-refractivity contribution in [2.45, 2.75) is 12.8 Å². The van der Waals surface area contributed by atoms with Crippen LogP contribution in [0, 0.1) is 5.92 Å². The number of anilines is 1. The van der Waals surface area contributed by atoms with Gasteiger partial charge in [-0.15, -0.1) is 0 Å². The van der Waals surface area contributed by atoms with Crippen molar-refractivity contribution in [1.29, 1.82) is 0 Å². The zero-order valence-corrected chi connectivity index (χ0v) is 13.0. The van der Waals surface area contributed by atoms with E-state index in [-0.39, 0.29) is 17.9 Å². The van der Waals surface area contributed by atoms with Gasteiger partial charge in [0.25, 0.3) is 0 Å². The van der Waals surface area contributed by atoms with Crippen LogP contribution in [0.2, 0.25) is 0 Å². The molecule has 0 bridgehead atoms. The van der Waals surface area contributed by atoms with E-state index in [1.807, 2.05) is 30.3 Å². The number of para-hydroxylation sites is 1. The van der Waals surface area contributed by atoms with Gasteiger partial charge in [-0.2, -0.15) is 0 Å². The summed E-state index contributed by atoms with van der Waals surface area (Å²) in [5.74, 6) is 0.182. The molecule has 1 aromatic heterocycles. The van der Waals surface area contributed by atoms with Crippen LogP contribution < -0.4 is 5.32 Å². The number of nitrogens with zero attached hydrogens (tertiary/aromatic N) is 2. The minimum Gasteiger partial charge on any atom is -0.453 e. The number of piperidine rings is 1. The van der Waals surface area contributed by atoms with Crippen LogP contribution in [0.4, 0.5) is 10.6 Å². The Bertz CT molecular complexity index is 732. The first-order valence-corrected chi connectivity index (χ1v) is 7.67. The molecule has 2 heterocycles. The largest absolute Gasteiger partial charge is 0.453 e. The third kappa shape index (κ3) is 3.41. The zero-order chi connectivity index (χ0) is 16.2. The number of pyridine rings is 1. The van der Waals surface area contributed by atoms with Crippen molar-refractivity contribution in [1.82, 2.24) is 9.88 Å². The zero-order valence-electron chi connectivity index (χ0n) is 13.0. The molecule has 120 valence electrons. The minimum absolute atomic E-state index is 0.110. The van der Waals surface area contributed by atoms with Gasteiger partial charge in [0.15, 0.2) is 0 Å². The Morgan fingerprint density at radius 1 is 1.26 bits per heavy atom. The molecule has 0 saturated carbocycles. The van der Waals surface area contributed by atoms with Crippen molar-refractivity contribution in [3.05, 3.63) is 36.4 Å². The molecule has 1 saturated heterocycles. The summed E-state index contributed by atoms with van der Waals surface area (Å²) in [4.78, 5) is 30.0. The monoisotopic (exact) mass is 313 g/mol. The van der Waals surface area contributed by atoms with E-state index in [1.165, 1.54) is 7.11 Å². The molecule has 0 aliphatic carbocycles. The van der Waals surface area contributed by atoms with Crippen LogP contribution in [0.3, 0.4) is 0 Å². The highest BCUT2D eigenvalue weighted by atomic mass is 16.5. The molecule has 1 atom stereocenters. The second kappa shape index (κ2) is 6.64. The molecule has 1 fully saturated rings. The van der Waals surface area contributed by atoms with Gasteiger partial charge in [0.1, 0.15) is 5.82 Å². The van der Waals surface area contributed by atoms with Crippen LogP contribution in [0.25, 0.3) is 10.9 Å². The highest BCUT2D eigenvalue weighted by molar-refractivity contribution is 5.93. The van der Waals surface area contributed by atoms with Gasteiger partial charge < -0.3 is 15.0 Å². The molecule has 3 rings (SSSR count). The van der Waals surface area contributed by atoms with Crippen LogP contribution >= 0.6 is 0 Å². The molecule has 6 heteroatoms. The van der Waals surface area contributed by atoms with E-state index in [0.717, 1.165) is 23.7 Å². The Hall–Kier alpha value is -2.63. The van der Waals surface area contributed by atoms with E-state index in [4.69, 9.17) is 4.74 Å². The highest BCUT2D eigenvalue weighted by Crippen LogP contribution is 2.20. The fourth-order valence-corrected chi connectivity index (χ4v) is 2.85. The van der Waals surface area contributed by atoms with E-state index < -0.39 is 0 Å². The minimum atomic E-state index is -0.383. The lowest BCUT2D eigenvalue weighted by Crippen LogP contribution is -2.43. The number of likely N-dealkylation sites (tertiary alicyclic amines) is 1. The van der Waals surface area contributed by atoms with Gasteiger partial charge in [0.05, 0.1) is 18.5 Å². The Morgan fingerprint density at radius 3 is 2.91 bits per heavy atom. The first kappa shape index (κ1) is 15.3. The fraction of sp³-hybridized carbons (Fsp3) is 0.353. The molecule has 0 radical (unpaired) electrons. The number of amides is 2. The number of carbonyl (C=O) groups is 2. The molecule has 2 amide bonds. The molecule has 0 unspecified atom stereocenters. The van der Waals surface area contributed by atoms with Crippen molar-refractivity contribution < 1.29 is 14.3 Å². The second-order valence-electron chi connectivity index (χ2n) is 5.63. The fourth-order valence-electron chi connectivity index (χ4n) is 2.85. The van der Waals surface area contributed by atoms with E-state index in [1.54, 1.807) is 11.0 Å². The van der Waals surface area contributed by atoms with Gasteiger partial charge in [-0.3, -0.25) is 4.79 Å². The predicted octanol–water partition coefficient (Wildman–Crippen LogP) is 2.65. The topological polar surface area (TPSA) is 71.5 Å². The molecule has 1 aliphatic rings. The number of ether oxygens (including phenoxy) is 1. The number of benzene rings is 1. The van der Waals surface area contributed by atoms with Crippen molar-refractivity contribution in [3.63, 3.8) is 0 Å². The van der Waals surface area contributed by atoms with Crippen LogP contribution in [0.15, 0.2) is 36.4 Å². The first-order valence-electron chi connectivity index (χ1n) is 7.67. The Balaban J connectivity index is 1.68. The molecule has 0 spiro atoms. The summed E-state index contributed by atoms with van der Waals surface area (Å²) in [6.45, 7) is 1.01. The number of hydrogen-bond acceptors (Lipinski definition) is 4. The lowest BCUT2D eigenvalue weighted by molar-refractivity contribution is -0.121. The molecule has 1 aromatic carbocycles. The van der Waals surface area contributed by atoms with E-state index in [2.05, 4.69) is 10.3 Å². The summed E-state index contributed by atoms with van der Waals surface area (Å²) in [5, 5.41) is 3.88. The standard InChI is InChI=1S/C17H19N3O3/c1-23-17(22)20-10-4-6-13(11-20)16(21)19-15-9-8-12-5-2-3-7-14(12)18-15/h2-3,5,7-9,13H,4,6,10-11H2,1H3,(H,18,19,21)/t13-/m1/s1. The van der Waals surface area contributed by atoms with E-state index >= 15 is 0 Å². The number of rotatable bonds is 2. The lowest BCUT2D eigenvalue weighted by atomic mass is 9.97. The SMILES string of the molecule is COC(=O)N1CCC[C@@H](C(=O)Nc2ccc3ccccc3n2)C1. The van der Waals surface area contributed by atoms with Gasteiger partial charge in [-0.25, -0.2) is 9.78 Å². The van der Waals surface area contributed by atoms with Crippen molar-refractivity contribution >= 4 is 28.7 Å². The Kier molecular flexibility index (Phi) is 4.41. The van der Waals surface area contributed by atoms with E-state index in [0.29, 0.717) is 18.9 Å². The predicted molar refractivity (Wildman–Crippen MR) is 87.1 cm³/mol. The maximum Gasteiger partial charge on any atom is 0.409 e.